The van der Waals surface area contributed by atoms with Crippen LogP contribution in [0.3, 0.4) is 0 Å². The van der Waals surface area contributed by atoms with Crippen LogP contribution < -0.4 is 5.56 Å². The number of nitrogens with zero attached hydrogens (tertiary/aromatic N) is 4. The van der Waals surface area contributed by atoms with Crippen LogP contribution in [-0.2, 0) is 6.18 Å². The molecule has 0 bridgehead atoms. The summed E-state index contributed by atoms with van der Waals surface area (Å²) in [6.07, 6.45) is -0.725. The molecule has 3 heterocycles. The predicted octanol–water partition coefficient (Wildman–Crippen LogP) is 3.05. The van der Waals surface area contributed by atoms with E-state index in [1.165, 1.54) is 10.9 Å². The number of halogens is 4. The summed E-state index contributed by atoms with van der Waals surface area (Å²) in [5.41, 5.74) is -1.09. The Hall–Kier alpha value is -2.42. The highest BCUT2D eigenvalue weighted by atomic mass is 35.5. The molecule has 1 saturated carbocycles. The summed E-state index contributed by atoms with van der Waals surface area (Å²) in [6.45, 7) is 0. The second kappa shape index (κ2) is 5.04. The second-order valence-corrected chi connectivity index (χ2v) is 5.95. The van der Waals surface area contributed by atoms with E-state index in [9.17, 15) is 18.0 Å². The first-order valence-electron chi connectivity index (χ1n) is 7.05. The maximum Gasteiger partial charge on any atom is 0.417 e. The van der Waals surface area contributed by atoms with Gasteiger partial charge < -0.3 is 4.98 Å². The van der Waals surface area contributed by atoms with Crippen LogP contribution in [0.25, 0.3) is 16.9 Å². The van der Waals surface area contributed by atoms with E-state index in [1.54, 1.807) is 0 Å². The van der Waals surface area contributed by atoms with Gasteiger partial charge in [0, 0.05) is 12.1 Å². The molecule has 0 radical (unpaired) electrons. The van der Waals surface area contributed by atoms with E-state index in [1.807, 2.05) is 0 Å². The van der Waals surface area contributed by atoms with Crippen LogP contribution in [0.4, 0.5) is 13.2 Å². The minimum absolute atomic E-state index is 0.0143. The third kappa shape index (κ3) is 2.44. The number of aromatic nitrogens is 5. The lowest BCUT2D eigenvalue weighted by atomic mass is 10.3. The van der Waals surface area contributed by atoms with E-state index >= 15 is 0 Å². The first kappa shape index (κ1) is 15.1. The summed E-state index contributed by atoms with van der Waals surface area (Å²) in [4.78, 5) is 22.9. The third-order valence-corrected chi connectivity index (χ3v) is 4.05. The Bertz CT molecular complexity index is 1010. The van der Waals surface area contributed by atoms with Gasteiger partial charge in [0.25, 0.3) is 5.56 Å². The van der Waals surface area contributed by atoms with Gasteiger partial charge >= 0.3 is 6.18 Å². The Morgan fingerprint density at radius 1 is 1.29 bits per heavy atom. The number of fused-ring (bicyclic) bond motifs is 1. The summed E-state index contributed by atoms with van der Waals surface area (Å²) in [6, 6.07) is 0.770. The van der Waals surface area contributed by atoms with Gasteiger partial charge in [-0.3, -0.25) is 4.79 Å². The van der Waals surface area contributed by atoms with Crippen LogP contribution in [0.15, 0.2) is 23.3 Å². The average molecular weight is 356 g/mol. The summed E-state index contributed by atoms with van der Waals surface area (Å²) < 4.78 is 39.3. The van der Waals surface area contributed by atoms with Crippen molar-refractivity contribution >= 4 is 22.6 Å². The lowest BCUT2D eigenvalue weighted by Crippen LogP contribution is -2.12. The molecule has 0 spiro atoms. The number of H-pyrrole nitrogens is 1. The Morgan fingerprint density at radius 2 is 2.04 bits per heavy atom. The number of aromatic amines is 1. The minimum Gasteiger partial charge on any atom is -0.310 e. The molecule has 1 aliphatic carbocycles. The van der Waals surface area contributed by atoms with Crippen LogP contribution in [0.1, 0.15) is 30.1 Å². The molecule has 24 heavy (non-hydrogen) atoms. The molecule has 0 aliphatic heterocycles. The maximum atomic E-state index is 12.7. The maximum absolute atomic E-state index is 12.7. The molecule has 0 atom stereocenters. The molecule has 0 saturated heterocycles. The van der Waals surface area contributed by atoms with Crippen molar-refractivity contribution in [2.24, 2.45) is 0 Å². The van der Waals surface area contributed by atoms with Crippen LogP contribution in [-0.4, -0.2) is 24.7 Å². The largest absolute Gasteiger partial charge is 0.417 e. The zero-order chi connectivity index (χ0) is 17.1. The van der Waals surface area contributed by atoms with Crippen molar-refractivity contribution in [3.05, 3.63) is 45.2 Å². The van der Waals surface area contributed by atoms with Gasteiger partial charge in [-0.1, -0.05) is 11.6 Å². The van der Waals surface area contributed by atoms with E-state index in [2.05, 4.69) is 20.1 Å². The van der Waals surface area contributed by atoms with Crippen molar-refractivity contribution in [2.45, 2.75) is 24.9 Å². The van der Waals surface area contributed by atoms with E-state index in [0.717, 1.165) is 18.9 Å². The zero-order valence-electron chi connectivity index (χ0n) is 11.9. The zero-order valence-corrected chi connectivity index (χ0v) is 12.7. The van der Waals surface area contributed by atoms with Crippen molar-refractivity contribution in [3.63, 3.8) is 0 Å². The van der Waals surface area contributed by atoms with Crippen molar-refractivity contribution in [1.29, 1.82) is 0 Å². The predicted molar refractivity (Wildman–Crippen MR) is 79.3 cm³/mol. The van der Waals surface area contributed by atoms with Gasteiger partial charge in [0.2, 0.25) is 0 Å². The Labute approximate surface area is 137 Å². The monoisotopic (exact) mass is 355 g/mol. The fraction of sp³-hybridized carbons (Fsp3) is 0.286. The molecular formula is C14H9ClF3N5O. The van der Waals surface area contributed by atoms with Gasteiger partial charge in [-0.2, -0.15) is 23.0 Å². The third-order valence-electron chi connectivity index (χ3n) is 3.77. The number of hydrogen-bond donors (Lipinski definition) is 1. The Balaban J connectivity index is 1.89. The molecule has 0 amide bonds. The summed E-state index contributed by atoms with van der Waals surface area (Å²) >= 11 is 5.94. The molecule has 3 aromatic heterocycles. The van der Waals surface area contributed by atoms with Gasteiger partial charge in [0.1, 0.15) is 11.2 Å². The van der Waals surface area contributed by atoms with Crippen LogP contribution in [0, 0.1) is 0 Å². The number of rotatable bonds is 2. The van der Waals surface area contributed by atoms with Crippen molar-refractivity contribution < 1.29 is 13.2 Å². The van der Waals surface area contributed by atoms with E-state index in [4.69, 9.17) is 11.6 Å². The SMILES string of the molecule is O=c1[nH]c(C2CC2)nc2c1cnn2-c1ncc(C(F)(F)F)cc1Cl. The normalized spacial score (nSPS) is 15.2. The van der Waals surface area contributed by atoms with Crippen LogP contribution >= 0.6 is 11.6 Å². The molecule has 4 rings (SSSR count). The smallest absolute Gasteiger partial charge is 0.310 e. The standard InChI is InChI=1S/C14H9ClF3N5O/c15-9-3-7(14(16,17)18)4-19-12(9)23-11-8(5-20-23)13(24)22-10(21-11)6-1-2-6/h3-6H,1-2H2,(H,21,22,24). The summed E-state index contributed by atoms with van der Waals surface area (Å²) in [7, 11) is 0. The summed E-state index contributed by atoms with van der Waals surface area (Å²) in [5, 5.41) is 3.99. The van der Waals surface area contributed by atoms with Gasteiger partial charge in [-0.05, 0) is 18.9 Å². The van der Waals surface area contributed by atoms with Crippen molar-refractivity contribution in [2.75, 3.05) is 0 Å². The highest BCUT2D eigenvalue weighted by molar-refractivity contribution is 6.32. The molecule has 124 valence electrons. The first-order chi connectivity index (χ1) is 11.3. The lowest BCUT2D eigenvalue weighted by Gasteiger charge is -2.09. The molecule has 6 nitrogen and oxygen atoms in total. The lowest BCUT2D eigenvalue weighted by molar-refractivity contribution is -0.137. The molecule has 1 N–H and O–H groups in total. The highest BCUT2D eigenvalue weighted by Gasteiger charge is 2.32. The van der Waals surface area contributed by atoms with Crippen LogP contribution in [0.2, 0.25) is 5.02 Å². The molecule has 0 unspecified atom stereocenters. The molecule has 1 fully saturated rings. The Morgan fingerprint density at radius 3 is 2.67 bits per heavy atom. The van der Waals surface area contributed by atoms with Gasteiger partial charge in [0.15, 0.2) is 11.5 Å². The fourth-order valence-corrected chi connectivity index (χ4v) is 2.63. The quantitative estimate of drug-likeness (QED) is 0.766. The average Bonchev–Trinajstić information content (AvgIpc) is 3.27. The second-order valence-electron chi connectivity index (χ2n) is 5.55. The fourth-order valence-electron chi connectivity index (χ4n) is 2.38. The molecule has 3 aromatic rings. The first-order valence-corrected chi connectivity index (χ1v) is 7.43. The molecule has 1 aliphatic rings. The number of alkyl halides is 3. The van der Waals surface area contributed by atoms with E-state index in [0.29, 0.717) is 12.0 Å². The van der Waals surface area contributed by atoms with Crippen LogP contribution in [0.5, 0.6) is 0 Å². The van der Waals surface area contributed by atoms with Crippen molar-refractivity contribution in [3.8, 4) is 5.82 Å². The number of nitrogens with one attached hydrogen (secondary N) is 1. The highest BCUT2D eigenvalue weighted by Crippen LogP contribution is 2.38. The van der Waals surface area contributed by atoms with Gasteiger partial charge in [0.05, 0.1) is 16.8 Å². The molecule has 0 aromatic carbocycles. The van der Waals surface area contributed by atoms with Gasteiger partial charge in [-0.25, -0.2) is 9.97 Å². The molecule has 10 heteroatoms. The number of hydrogen-bond acceptors (Lipinski definition) is 4. The van der Waals surface area contributed by atoms with E-state index < -0.39 is 11.7 Å². The summed E-state index contributed by atoms with van der Waals surface area (Å²) in [5.74, 6) is 0.721. The van der Waals surface area contributed by atoms with E-state index in [-0.39, 0.29) is 33.4 Å². The minimum atomic E-state index is -4.55. The molecular weight excluding hydrogens is 347 g/mol. The van der Waals surface area contributed by atoms with Crippen molar-refractivity contribution in [1.82, 2.24) is 24.7 Å². The van der Waals surface area contributed by atoms with Gasteiger partial charge in [-0.15, -0.1) is 0 Å². The topological polar surface area (TPSA) is 76.5 Å². The number of pyridine rings is 1. The Kier molecular flexibility index (Phi) is 3.17.